The zero-order valence-corrected chi connectivity index (χ0v) is 21.0. The summed E-state index contributed by atoms with van der Waals surface area (Å²) < 4.78 is 5.38. The van der Waals surface area contributed by atoms with Gasteiger partial charge in [0.2, 0.25) is 5.95 Å². The molecule has 4 heterocycles. The quantitative estimate of drug-likeness (QED) is 0.492. The molecule has 35 heavy (non-hydrogen) atoms. The Bertz CT molecular complexity index is 1100. The van der Waals surface area contributed by atoms with Gasteiger partial charge in [-0.2, -0.15) is 9.97 Å². The molecule has 0 saturated carbocycles. The number of benzene rings is 1. The number of nitrogens with zero attached hydrogens (tertiary/aromatic N) is 5. The van der Waals surface area contributed by atoms with Crippen LogP contribution in [0, 0.1) is 0 Å². The normalized spacial score (nSPS) is 18.4. The highest BCUT2D eigenvalue weighted by Crippen LogP contribution is 2.28. The fourth-order valence-electron chi connectivity index (χ4n) is 4.78. The zero-order valence-electron chi connectivity index (χ0n) is 20.2. The van der Waals surface area contributed by atoms with Crippen LogP contribution in [-0.4, -0.2) is 53.8 Å². The zero-order chi connectivity index (χ0) is 24.0. The molecule has 1 atom stereocenters. The Balaban J connectivity index is 1.32. The molecule has 0 bridgehead atoms. The van der Waals surface area contributed by atoms with Gasteiger partial charge in [0.15, 0.2) is 5.11 Å². The van der Waals surface area contributed by atoms with E-state index in [9.17, 15) is 0 Å². The number of hydrogen-bond acceptors (Lipinski definition) is 7. The van der Waals surface area contributed by atoms with E-state index in [-0.39, 0.29) is 0 Å². The summed E-state index contributed by atoms with van der Waals surface area (Å²) in [5.74, 6) is 3.25. The molecule has 0 aliphatic carbocycles. The van der Waals surface area contributed by atoms with Gasteiger partial charge in [-0.1, -0.05) is 18.2 Å². The lowest BCUT2D eigenvalue weighted by molar-refractivity contribution is 0.481. The van der Waals surface area contributed by atoms with Gasteiger partial charge in [0, 0.05) is 50.5 Å². The first kappa shape index (κ1) is 23.4. The van der Waals surface area contributed by atoms with Gasteiger partial charge in [0.1, 0.15) is 17.4 Å². The van der Waals surface area contributed by atoms with Crippen LogP contribution in [0.2, 0.25) is 0 Å². The van der Waals surface area contributed by atoms with E-state index in [1.807, 2.05) is 12.1 Å². The Hall–Kier alpha value is -3.33. The summed E-state index contributed by atoms with van der Waals surface area (Å²) in [6.45, 7) is 7.52. The molecule has 0 unspecified atom stereocenters. The van der Waals surface area contributed by atoms with Gasteiger partial charge in [-0.3, -0.25) is 0 Å². The summed E-state index contributed by atoms with van der Waals surface area (Å²) >= 11 is 5.52. The second kappa shape index (κ2) is 10.9. The number of furan rings is 1. The van der Waals surface area contributed by atoms with E-state index in [2.05, 4.69) is 68.7 Å². The Morgan fingerprint density at radius 2 is 1.74 bits per heavy atom. The molecule has 2 aliphatic heterocycles. The fourth-order valence-corrected chi connectivity index (χ4v) is 4.95. The molecule has 2 aliphatic rings. The van der Waals surface area contributed by atoms with Crippen molar-refractivity contribution in [3.8, 4) is 0 Å². The van der Waals surface area contributed by atoms with Crippen molar-refractivity contribution >= 4 is 40.6 Å². The van der Waals surface area contributed by atoms with Crippen LogP contribution >= 0.6 is 12.2 Å². The van der Waals surface area contributed by atoms with E-state index < -0.39 is 0 Å². The van der Waals surface area contributed by atoms with Gasteiger partial charge in [0.05, 0.1) is 12.8 Å². The summed E-state index contributed by atoms with van der Waals surface area (Å²) in [6.07, 6.45) is 5.29. The second-order valence-corrected chi connectivity index (χ2v) is 9.55. The van der Waals surface area contributed by atoms with Crippen LogP contribution in [0.5, 0.6) is 0 Å². The summed E-state index contributed by atoms with van der Waals surface area (Å²) in [6, 6.07) is 17.0. The van der Waals surface area contributed by atoms with Crippen LogP contribution in [0.1, 0.15) is 31.9 Å². The third-order valence-electron chi connectivity index (χ3n) is 6.75. The van der Waals surface area contributed by atoms with Crippen molar-refractivity contribution in [1.82, 2.24) is 15.3 Å². The highest BCUT2D eigenvalue weighted by Gasteiger charge is 2.24. The van der Waals surface area contributed by atoms with E-state index in [4.69, 9.17) is 26.6 Å². The topological polar surface area (TPSA) is 72.7 Å². The largest absolute Gasteiger partial charge is 0.467 e. The number of piperazine rings is 1. The SMILES string of the molecule is C[C@H]1CCCCN1c1cc(N2CCN(c3ccccc3)CC2)nc(NC(=S)NCc2ccco2)n1. The average molecular weight is 492 g/mol. The Labute approximate surface area is 212 Å². The lowest BCUT2D eigenvalue weighted by Gasteiger charge is -2.38. The molecule has 5 rings (SSSR count). The fraction of sp³-hybridized carbons (Fsp3) is 0.423. The van der Waals surface area contributed by atoms with Crippen molar-refractivity contribution in [2.75, 3.05) is 52.7 Å². The van der Waals surface area contributed by atoms with Crippen LogP contribution in [0.25, 0.3) is 0 Å². The molecular formula is C26H33N7OS. The number of piperidine rings is 1. The Morgan fingerprint density at radius 3 is 2.49 bits per heavy atom. The molecule has 2 saturated heterocycles. The maximum atomic E-state index is 5.52. The van der Waals surface area contributed by atoms with Crippen LogP contribution in [0.3, 0.4) is 0 Å². The van der Waals surface area contributed by atoms with Crippen molar-refractivity contribution in [2.45, 2.75) is 38.8 Å². The summed E-state index contributed by atoms with van der Waals surface area (Å²) in [5.41, 5.74) is 1.27. The van der Waals surface area contributed by atoms with E-state index in [1.165, 1.54) is 24.9 Å². The number of aromatic nitrogens is 2. The van der Waals surface area contributed by atoms with Crippen molar-refractivity contribution in [3.05, 3.63) is 60.6 Å². The third kappa shape index (κ3) is 5.85. The Morgan fingerprint density at radius 1 is 0.971 bits per heavy atom. The standard InChI is InChI=1S/C26H33N7OS/c1-20-8-5-6-12-33(20)24-18-23(32-15-13-31(14-16-32)21-9-3-2-4-10-21)28-25(29-24)30-26(35)27-19-22-11-7-17-34-22/h2-4,7,9-11,17-18,20H,5-6,8,12-16,19H2,1H3,(H2,27,28,29,30,35)/t20-/m0/s1. The number of thiocarbonyl (C=S) groups is 1. The molecule has 184 valence electrons. The molecular weight excluding hydrogens is 458 g/mol. The first-order valence-corrected chi connectivity index (χ1v) is 12.8. The monoisotopic (exact) mass is 491 g/mol. The smallest absolute Gasteiger partial charge is 0.232 e. The molecule has 0 amide bonds. The van der Waals surface area contributed by atoms with Crippen molar-refractivity contribution < 1.29 is 4.42 Å². The minimum absolute atomic E-state index is 0.457. The number of nitrogens with one attached hydrogen (secondary N) is 2. The van der Waals surface area contributed by atoms with E-state index >= 15 is 0 Å². The minimum atomic E-state index is 0.457. The van der Waals surface area contributed by atoms with Crippen LogP contribution in [-0.2, 0) is 6.54 Å². The summed E-state index contributed by atoms with van der Waals surface area (Å²) in [7, 11) is 0. The molecule has 2 N–H and O–H groups in total. The molecule has 2 aromatic heterocycles. The predicted octanol–water partition coefficient (Wildman–Crippen LogP) is 4.26. The number of anilines is 4. The van der Waals surface area contributed by atoms with Crippen molar-refractivity contribution in [3.63, 3.8) is 0 Å². The van der Waals surface area contributed by atoms with Crippen molar-refractivity contribution in [1.29, 1.82) is 0 Å². The average Bonchev–Trinajstić information content (AvgIpc) is 3.42. The maximum Gasteiger partial charge on any atom is 0.232 e. The summed E-state index contributed by atoms with van der Waals surface area (Å²) in [4.78, 5) is 16.9. The highest BCUT2D eigenvalue weighted by atomic mass is 32.1. The molecule has 1 aromatic carbocycles. The van der Waals surface area contributed by atoms with E-state index in [0.717, 1.165) is 50.1 Å². The van der Waals surface area contributed by atoms with Gasteiger partial charge in [0.25, 0.3) is 0 Å². The molecule has 2 fully saturated rings. The first-order valence-electron chi connectivity index (χ1n) is 12.4. The second-order valence-electron chi connectivity index (χ2n) is 9.14. The summed E-state index contributed by atoms with van der Waals surface area (Å²) in [5, 5.41) is 6.86. The molecule has 0 spiro atoms. The number of rotatable bonds is 6. The molecule has 9 heteroatoms. The lowest BCUT2D eigenvalue weighted by Crippen LogP contribution is -2.47. The van der Waals surface area contributed by atoms with Gasteiger partial charge < -0.3 is 29.8 Å². The molecule has 0 radical (unpaired) electrons. The highest BCUT2D eigenvalue weighted by molar-refractivity contribution is 7.80. The first-order chi connectivity index (χ1) is 17.2. The van der Waals surface area contributed by atoms with Gasteiger partial charge in [-0.15, -0.1) is 0 Å². The van der Waals surface area contributed by atoms with Gasteiger partial charge in [-0.25, -0.2) is 0 Å². The minimum Gasteiger partial charge on any atom is -0.467 e. The third-order valence-corrected chi connectivity index (χ3v) is 7.00. The molecule has 8 nitrogen and oxygen atoms in total. The Kier molecular flexibility index (Phi) is 7.32. The molecule has 3 aromatic rings. The van der Waals surface area contributed by atoms with E-state index in [0.29, 0.717) is 23.6 Å². The lowest BCUT2D eigenvalue weighted by atomic mass is 10.0. The van der Waals surface area contributed by atoms with Crippen LogP contribution in [0.15, 0.2) is 59.2 Å². The number of para-hydroxylation sites is 1. The predicted molar refractivity (Wildman–Crippen MR) is 145 cm³/mol. The van der Waals surface area contributed by atoms with Gasteiger partial charge in [-0.05, 0) is 62.7 Å². The number of hydrogen-bond donors (Lipinski definition) is 2. The van der Waals surface area contributed by atoms with Crippen LogP contribution < -0.4 is 25.3 Å². The van der Waals surface area contributed by atoms with Gasteiger partial charge >= 0.3 is 0 Å². The van der Waals surface area contributed by atoms with Crippen molar-refractivity contribution in [2.24, 2.45) is 0 Å². The maximum absolute atomic E-state index is 5.52. The van der Waals surface area contributed by atoms with Crippen LogP contribution in [0.4, 0.5) is 23.3 Å². The van der Waals surface area contributed by atoms with E-state index in [1.54, 1.807) is 6.26 Å².